The summed E-state index contributed by atoms with van der Waals surface area (Å²) in [5.41, 5.74) is 0.708. The molecule has 1 N–H and O–H groups in total. The lowest BCUT2D eigenvalue weighted by molar-refractivity contribution is -0.120. The molecule has 0 heterocycles. The van der Waals surface area contributed by atoms with E-state index in [1.165, 1.54) is 42.6 Å². The van der Waals surface area contributed by atoms with Crippen molar-refractivity contribution in [2.75, 3.05) is 11.9 Å². The summed E-state index contributed by atoms with van der Waals surface area (Å²) in [4.78, 5) is 16.3. The summed E-state index contributed by atoms with van der Waals surface area (Å²) in [6.45, 7) is -0.331. The van der Waals surface area contributed by atoms with E-state index < -0.39 is 17.5 Å². The van der Waals surface area contributed by atoms with E-state index in [2.05, 4.69) is 10.5 Å². The number of amides is 1. The Hall–Kier alpha value is -2.76. The van der Waals surface area contributed by atoms with E-state index in [0.717, 1.165) is 0 Å². The van der Waals surface area contributed by atoms with Gasteiger partial charge in [0, 0.05) is 11.3 Å². The standard InChI is InChI=1S/C15H12F2N2O2/c16-12-5-7-13(8-6-12)19-15(20)10-21-18-9-11-3-1-2-4-14(11)17/h1-9H,10H2,(H,19,20)/b18-9-. The van der Waals surface area contributed by atoms with Gasteiger partial charge in [-0.2, -0.15) is 0 Å². The molecule has 0 aliphatic heterocycles. The van der Waals surface area contributed by atoms with Crippen LogP contribution in [0.2, 0.25) is 0 Å². The molecule has 0 aliphatic rings. The van der Waals surface area contributed by atoms with Gasteiger partial charge in [-0.15, -0.1) is 0 Å². The number of carbonyl (C=O) groups is 1. The molecular weight excluding hydrogens is 278 g/mol. The molecule has 0 fully saturated rings. The molecule has 0 bridgehead atoms. The van der Waals surface area contributed by atoms with E-state index in [1.807, 2.05) is 0 Å². The normalized spacial score (nSPS) is 10.6. The second-order valence-electron chi connectivity index (χ2n) is 4.08. The summed E-state index contributed by atoms with van der Waals surface area (Å²) < 4.78 is 25.9. The molecule has 108 valence electrons. The van der Waals surface area contributed by atoms with Crippen LogP contribution in [0.5, 0.6) is 0 Å². The Bertz CT molecular complexity index is 642. The lowest BCUT2D eigenvalue weighted by atomic mass is 10.2. The van der Waals surface area contributed by atoms with E-state index in [0.29, 0.717) is 5.69 Å². The van der Waals surface area contributed by atoms with Gasteiger partial charge in [-0.1, -0.05) is 23.4 Å². The highest BCUT2D eigenvalue weighted by molar-refractivity contribution is 5.91. The first-order valence-electron chi connectivity index (χ1n) is 6.10. The lowest BCUT2D eigenvalue weighted by Gasteiger charge is -2.03. The van der Waals surface area contributed by atoms with Crippen LogP contribution in [0.15, 0.2) is 53.7 Å². The Labute approximate surface area is 120 Å². The van der Waals surface area contributed by atoms with E-state index >= 15 is 0 Å². The molecule has 0 aliphatic carbocycles. The second-order valence-corrected chi connectivity index (χ2v) is 4.08. The molecule has 0 aromatic heterocycles. The van der Waals surface area contributed by atoms with Crippen LogP contribution in [0, 0.1) is 11.6 Å². The maximum Gasteiger partial charge on any atom is 0.265 e. The van der Waals surface area contributed by atoms with Crippen LogP contribution in [0.4, 0.5) is 14.5 Å². The van der Waals surface area contributed by atoms with Crippen molar-refractivity contribution < 1.29 is 18.4 Å². The van der Waals surface area contributed by atoms with Crippen LogP contribution in [-0.4, -0.2) is 18.7 Å². The van der Waals surface area contributed by atoms with Gasteiger partial charge in [-0.3, -0.25) is 4.79 Å². The van der Waals surface area contributed by atoms with Crippen molar-refractivity contribution in [2.24, 2.45) is 5.16 Å². The molecule has 2 aromatic carbocycles. The van der Waals surface area contributed by atoms with Crippen LogP contribution in [0.25, 0.3) is 0 Å². The number of anilines is 1. The number of oxime groups is 1. The Morgan fingerprint density at radius 3 is 2.57 bits per heavy atom. The Balaban J connectivity index is 1.79. The highest BCUT2D eigenvalue weighted by atomic mass is 19.1. The van der Waals surface area contributed by atoms with Crippen molar-refractivity contribution in [1.29, 1.82) is 0 Å². The molecule has 0 unspecified atom stereocenters. The maximum absolute atomic E-state index is 13.2. The van der Waals surface area contributed by atoms with Gasteiger partial charge in [-0.05, 0) is 30.3 Å². The number of benzene rings is 2. The fourth-order valence-corrected chi connectivity index (χ4v) is 1.50. The number of rotatable bonds is 5. The average Bonchev–Trinajstić information content (AvgIpc) is 2.48. The summed E-state index contributed by atoms with van der Waals surface area (Å²) in [5, 5.41) is 6.01. The van der Waals surface area contributed by atoms with Gasteiger partial charge >= 0.3 is 0 Å². The van der Waals surface area contributed by atoms with Gasteiger partial charge in [0.15, 0.2) is 6.61 Å². The monoisotopic (exact) mass is 290 g/mol. The lowest BCUT2D eigenvalue weighted by Crippen LogP contribution is -2.16. The largest absolute Gasteiger partial charge is 0.386 e. The number of hydrogen-bond donors (Lipinski definition) is 1. The number of hydrogen-bond acceptors (Lipinski definition) is 3. The molecule has 2 rings (SSSR count). The highest BCUT2D eigenvalue weighted by Gasteiger charge is 2.03. The van der Waals surface area contributed by atoms with Gasteiger partial charge < -0.3 is 10.2 Å². The highest BCUT2D eigenvalue weighted by Crippen LogP contribution is 2.08. The zero-order chi connectivity index (χ0) is 15.1. The molecule has 0 saturated heterocycles. The number of halogens is 2. The van der Waals surface area contributed by atoms with Gasteiger partial charge in [0.25, 0.3) is 5.91 Å². The van der Waals surface area contributed by atoms with Gasteiger partial charge in [0.2, 0.25) is 0 Å². The fourth-order valence-electron chi connectivity index (χ4n) is 1.50. The third-order valence-electron chi connectivity index (χ3n) is 2.50. The summed E-state index contributed by atoms with van der Waals surface area (Å²) in [7, 11) is 0. The fraction of sp³-hybridized carbons (Fsp3) is 0.0667. The zero-order valence-electron chi connectivity index (χ0n) is 10.9. The van der Waals surface area contributed by atoms with E-state index in [4.69, 9.17) is 4.84 Å². The van der Waals surface area contributed by atoms with Gasteiger partial charge in [-0.25, -0.2) is 8.78 Å². The van der Waals surface area contributed by atoms with Crippen LogP contribution < -0.4 is 5.32 Å². The van der Waals surface area contributed by atoms with E-state index in [1.54, 1.807) is 12.1 Å². The van der Waals surface area contributed by atoms with Crippen LogP contribution in [0.1, 0.15) is 5.56 Å². The summed E-state index contributed by atoms with van der Waals surface area (Å²) in [5.74, 6) is -1.27. The third-order valence-corrected chi connectivity index (χ3v) is 2.50. The molecule has 2 aromatic rings. The van der Waals surface area contributed by atoms with Crippen molar-refractivity contribution >= 4 is 17.8 Å². The Kier molecular flexibility index (Phi) is 4.98. The first kappa shape index (κ1) is 14.6. The second kappa shape index (κ2) is 7.14. The van der Waals surface area contributed by atoms with Crippen molar-refractivity contribution in [2.45, 2.75) is 0 Å². The minimum Gasteiger partial charge on any atom is -0.386 e. The molecule has 0 saturated carbocycles. The number of carbonyl (C=O) groups excluding carboxylic acids is 1. The summed E-state index contributed by atoms with van der Waals surface area (Å²) >= 11 is 0. The minimum absolute atomic E-state index is 0.261. The predicted octanol–water partition coefficient (Wildman–Crippen LogP) is 2.95. The Morgan fingerprint density at radius 2 is 1.86 bits per heavy atom. The summed E-state index contributed by atoms with van der Waals surface area (Å²) in [6.07, 6.45) is 1.18. The van der Waals surface area contributed by atoms with Crippen molar-refractivity contribution in [1.82, 2.24) is 0 Å². The minimum atomic E-state index is -0.452. The smallest absolute Gasteiger partial charge is 0.265 e. The van der Waals surface area contributed by atoms with E-state index in [9.17, 15) is 13.6 Å². The van der Waals surface area contributed by atoms with Crippen molar-refractivity contribution in [3.63, 3.8) is 0 Å². The number of nitrogens with zero attached hydrogens (tertiary/aromatic N) is 1. The van der Waals surface area contributed by atoms with Crippen LogP contribution in [0.3, 0.4) is 0 Å². The molecule has 4 nitrogen and oxygen atoms in total. The Morgan fingerprint density at radius 1 is 1.14 bits per heavy atom. The zero-order valence-corrected chi connectivity index (χ0v) is 10.9. The quantitative estimate of drug-likeness (QED) is 0.680. The topological polar surface area (TPSA) is 50.7 Å². The first-order chi connectivity index (χ1) is 10.1. The van der Waals surface area contributed by atoms with E-state index in [-0.39, 0.29) is 12.2 Å². The number of nitrogens with one attached hydrogen (secondary N) is 1. The molecule has 0 atom stereocenters. The van der Waals surface area contributed by atoms with Gasteiger partial charge in [0.05, 0.1) is 6.21 Å². The predicted molar refractivity (Wildman–Crippen MR) is 75.0 cm³/mol. The molecule has 1 amide bonds. The van der Waals surface area contributed by atoms with Crippen LogP contribution in [-0.2, 0) is 9.63 Å². The average molecular weight is 290 g/mol. The van der Waals surface area contributed by atoms with Crippen molar-refractivity contribution in [3.05, 3.63) is 65.7 Å². The maximum atomic E-state index is 13.2. The van der Waals surface area contributed by atoms with Gasteiger partial charge in [0.1, 0.15) is 11.6 Å². The molecule has 0 spiro atoms. The van der Waals surface area contributed by atoms with Crippen LogP contribution >= 0.6 is 0 Å². The van der Waals surface area contributed by atoms with Crippen molar-refractivity contribution in [3.8, 4) is 0 Å². The molecular formula is C15H12F2N2O2. The summed E-state index contributed by atoms with van der Waals surface area (Å²) in [6, 6.07) is 11.4. The molecule has 0 radical (unpaired) electrons. The molecule has 6 heteroatoms. The first-order valence-corrected chi connectivity index (χ1v) is 6.10. The SMILES string of the molecule is O=C(CO/N=C\c1ccccc1F)Nc1ccc(F)cc1. The third kappa shape index (κ3) is 4.68. The molecule has 21 heavy (non-hydrogen) atoms.